The van der Waals surface area contributed by atoms with Gasteiger partial charge in [0.05, 0.1) is 12.0 Å². The van der Waals surface area contributed by atoms with E-state index in [1.807, 2.05) is 35.2 Å². The molecule has 3 N–H and O–H groups in total. The van der Waals surface area contributed by atoms with E-state index >= 15 is 0 Å². The number of nitrogens with one attached hydrogen (secondary N) is 1. The van der Waals surface area contributed by atoms with E-state index in [0.717, 1.165) is 48.9 Å². The zero-order valence-corrected chi connectivity index (χ0v) is 24.2. The van der Waals surface area contributed by atoms with Crippen molar-refractivity contribution in [2.24, 2.45) is 23.5 Å². The fourth-order valence-electron chi connectivity index (χ4n) is 6.39. The van der Waals surface area contributed by atoms with E-state index in [1.165, 1.54) is 12.1 Å². The third-order valence-electron chi connectivity index (χ3n) is 8.73. The number of rotatable bonds is 12. The first-order valence-electron chi connectivity index (χ1n) is 15.0. The van der Waals surface area contributed by atoms with Crippen molar-refractivity contribution >= 4 is 11.6 Å². The van der Waals surface area contributed by atoms with Gasteiger partial charge < -0.3 is 16.0 Å². The molecule has 7 heteroatoms. The minimum Gasteiger partial charge on any atom is -0.381 e. The predicted molar refractivity (Wildman–Crippen MR) is 161 cm³/mol. The maximum atomic E-state index is 13.6. The van der Waals surface area contributed by atoms with Crippen LogP contribution in [0.1, 0.15) is 68.6 Å². The van der Waals surface area contributed by atoms with Crippen molar-refractivity contribution in [1.82, 2.24) is 4.90 Å². The van der Waals surface area contributed by atoms with Crippen molar-refractivity contribution in [2.75, 3.05) is 25.0 Å². The Morgan fingerprint density at radius 3 is 2.59 bits per heavy atom. The van der Waals surface area contributed by atoms with E-state index in [2.05, 4.69) is 43.5 Å². The minimum absolute atomic E-state index is 0.0228. The fraction of sp³-hybridized carbons (Fsp3) is 0.500. The summed E-state index contributed by atoms with van der Waals surface area (Å²) in [6.45, 7) is 6.21. The van der Waals surface area contributed by atoms with E-state index in [-0.39, 0.29) is 35.6 Å². The molecule has 1 aliphatic heterocycles. The molecule has 0 spiro atoms. The zero-order valence-electron chi connectivity index (χ0n) is 24.2. The first-order chi connectivity index (χ1) is 19.7. The van der Waals surface area contributed by atoms with Gasteiger partial charge in [0.2, 0.25) is 5.91 Å². The van der Waals surface area contributed by atoms with Crippen LogP contribution in [0.15, 0.2) is 72.8 Å². The van der Waals surface area contributed by atoms with Crippen LogP contribution < -0.4 is 11.1 Å². The number of unbranched alkanes of at least 4 members (excludes halogenated alkanes) is 1. The topological polar surface area (TPSA) is 58.4 Å². The molecule has 2 aromatic carbocycles. The molecule has 0 bridgehead atoms. The van der Waals surface area contributed by atoms with E-state index < -0.39 is 11.7 Å². The third kappa shape index (κ3) is 8.25. The Balaban J connectivity index is 1.47. The SMILES string of the molecule is C[C@H](CC[C@@H]1[C@H](C)c2cc(C(F)(F)F)ccc2N[C@H]1C1C=CC=CC1)CN(CCCCN)C(=O)Cc1ccccc1. The number of amides is 1. The molecule has 0 fully saturated rings. The van der Waals surface area contributed by atoms with Crippen LogP contribution in [0.4, 0.5) is 18.9 Å². The summed E-state index contributed by atoms with van der Waals surface area (Å²) < 4.78 is 40.7. The summed E-state index contributed by atoms with van der Waals surface area (Å²) >= 11 is 0. The molecule has 0 saturated carbocycles. The Labute approximate surface area is 242 Å². The van der Waals surface area contributed by atoms with Gasteiger partial charge >= 0.3 is 6.18 Å². The van der Waals surface area contributed by atoms with Crippen LogP contribution in [0.3, 0.4) is 0 Å². The molecule has 0 aromatic heterocycles. The van der Waals surface area contributed by atoms with Crippen LogP contribution in [0.2, 0.25) is 0 Å². The highest BCUT2D eigenvalue weighted by molar-refractivity contribution is 5.78. The van der Waals surface area contributed by atoms with Crippen LogP contribution in [-0.4, -0.2) is 36.5 Å². The molecule has 0 saturated heterocycles. The summed E-state index contributed by atoms with van der Waals surface area (Å²) in [5, 5.41) is 3.64. The van der Waals surface area contributed by atoms with Crippen molar-refractivity contribution in [3.63, 3.8) is 0 Å². The Bertz CT molecular complexity index is 1190. The smallest absolute Gasteiger partial charge is 0.381 e. The Morgan fingerprint density at radius 2 is 1.90 bits per heavy atom. The lowest BCUT2D eigenvalue weighted by atomic mass is 9.70. The first kappa shape index (κ1) is 30.9. The highest BCUT2D eigenvalue weighted by Crippen LogP contribution is 2.46. The Hall–Kier alpha value is -3.06. The number of nitrogens with zero attached hydrogens (tertiary/aromatic N) is 1. The molecule has 4 nitrogen and oxygen atoms in total. The minimum atomic E-state index is -4.37. The van der Waals surface area contributed by atoms with Crippen molar-refractivity contribution in [3.8, 4) is 0 Å². The van der Waals surface area contributed by atoms with Crippen molar-refractivity contribution in [3.05, 3.63) is 89.5 Å². The molecule has 222 valence electrons. The van der Waals surface area contributed by atoms with E-state index in [4.69, 9.17) is 5.73 Å². The second kappa shape index (κ2) is 14.2. The van der Waals surface area contributed by atoms with Crippen molar-refractivity contribution in [1.29, 1.82) is 0 Å². The van der Waals surface area contributed by atoms with Gasteiger partial charge in [-0.2, -0.15) is 13.2 Å². The maximum absolute atomic E-state index is 13.6. The second-order valence-electron chi connectivity index (χ2n) is 11.8. The average molecular weight is 568 g/mol. The summed E-state index contributed by atoms with van der Waals surface area (Å²) in [7, 11) is 0. The molecule has 1 aliphatic carbocycles. The molecule has 1 heterocycles. The average Bonchev–Trinajstić information content (AvgIpc) is 2.96. The molecule has 1 unspecified atom stereocenters. The largest absolute Gasteiger partial charge is 0.416 e. The summed E-state index contributed by atoms with van der Waals surface area (Å²) in [5.74, 6) is 0.799. The maximum Gasteiger partial charge on any atom is 0.416 e. The number of fused-ring (bicyclic) bond motifs is 1. The first-order valence-corrected chi connectivity index (χ1v) is 15.0. The highest BCUT2D eigenvalue weighted by atomic mass is 19.4. The number of anilines is 1. The van der Waals surface area contributed by atoms with Gasteiger partial charge in [-0.25, -0.2) is 0 Å². The Morgan fingerprint density at radius 1 is 1.12 bits per heavy atom. The lowest BCUT2D eigenvalue weighted by Gasteiger charge is -2.43. The monoisotopic (exact) mass is 567 g/mol. The van der Waals surface area contributed by atoms with Crippen molar-refractivity contribution < 1.29 is 18.0 Å². The number of carbonyl (C=O) groups excluding carboxylic acids is 1. The van der Waals surface area contributed by atoms with Gasteiger partial charge in [-0.05, 0) is 85.7 Å². The number of halogens is 3. The summed E-state index contributed by atoms with van der Waals surface area (Å²) in [5.41, 5.74) is 7.68. The number of hydrogen-bond acceptors (Lipinski definition) is 3. The quantitative estimate of drug-likeness (QED) is 0.260. The standard InChI is InChI=1S/C34H44F3N3O/c1-24(23-40(20-10-9-19-38)32(41)21-26-11-5-3-6-12-26)15-17-29-25(2)30-22-28(34(35,36)37)16-18-31(30)39-33(29)27-13-7-4-8-14-27/h3-8,11-13,16,18,22,24-25,27,29,33,39H,9-10,14-15,17,19-21,23,38H2,1-2H3/t24-,25+,27?,29-,33+/m1/s1. The lowest BCUT2D eigenvalue weighted by molar-refractivity contribution is -0.137. The molecular weight excluding hydrogens is 523 g/mol. The summed E-state index contributed by atoms with van der Waals surface area (Å²) in [4.78, 5) is 15.3. The van der Waals surface area contributed by atoms with E-state index in [1.54, 1.807) is 6.07 Å². The number of alkyl halides is 3. The van der Waals surface area contributed by atoms with Crippen LogP contribution in [-0.2, 0) is 17.4 Å². The Kier molecular flexibility index (Phi) is 10.7. The van der Waals surface area contributed by atoms with Crippen LogP contribution in [0, 0.1) is 17.8 Å². The predicted octanol–water partition coefficient (Wildman–Crippen LogP) is 7.58. The van der Waals surface area contributed by atoms with Gasteiger partial charge in [0.15, 0.2) is 0 Å². The van der Waals surface area contributed by atoms with Gasteiger partial charge in [0.1, 0.15) is 0 Å². The van der Waals surface area contributed by atoms with Gasteiger partial charge in [0.25, 0.3) is 0 Å². The number of allylic oxidation sites excluding steroid dienone is 3. The second-order valence-corrected chi connectivity index (χ2v) is 11.8. The molecule has 2 aromatic rings. The van der Waals surface area contributed by atoms with Gasteiger partial charge in [0, 0.05) is 30.7 Å². The molecular formula is C34H44F3N3O. The van der Waals surface area contributed by atoms with E-state index in [9.17, 15) is 18.0 Å². The summed E-state index contributed by atoms with van der Waals surface area (Å²) in [6, 6.07) is 14.0. The molecule has 2 aliphatic rings. The fourth-order valence-corrected chi connectivity index (χ4v) is 6.39. The van der Waals surface area contributed by atoms with Crippen LogP contribution >= 0.6 is 0 Å². The zero-order chi connectivity index (χ0) is 29.4. The van der Waals surface area contributed by atoms with Gasteiger partial charge in [-0.15, -0.1) is 0 Å². The molecule has 41 heavy (non-hydrogen) atoms. The van der Waals surface area contributed by atoms with Gasteiger partial charge in [-0.3, -0.25) is 4.79 Å². The van der Waals surface area contributed by atoms with Crippen molar-refractivity contribution in [2.45, 2.75) is 70.5 Å². The number of benzene rings is 2. The number of nitrogens with two attached hydrogens (primary N) is 1. The molecule has 4 rings (SSSR count). The third-order valence-corrected chi connectivity index (χ3v) is 8.73. The molecule has 0 radical (unpaired) electrons. The van der Waals surface area contributed by atoms with Crippen LogP contribution in [0.5, 0.6) is 0 Å². The van der Waals surface area contributed by atoms with E-state index in [0.29, 0.717) is 26.1 Å². The highest BCUT2D eigenvalue weighted by Gasteiger charge is 2.39. The van der Waals surface area contributed by atoms with Crippen LogP contribution in [0.25, 0.3) is 0 Å². The summed E-state index contributed by atoms with van der Waals surface area (Å²) in [6.07, 6.45) is 8.92. The molecule has 5 atom stereocenters. The molecule has 1 amide bonds. The lowest BCUT2D eigenvalue weighted by Crippen LogP contribution is -2.43. The number of carbonyl (C=O) groups is 1. The van der Waals surface area contributed by atoms with Gasteiger partial charge in [-0.1, -0.05) is 68.5 Å². The number of hydrogen-bond donors (Lipinski definition) is 2. The normalized spacial score (nSPS) is 22.6.